The molecule has 0 radical (unpaired) electrons. The fourth-order valence-electron chi connectivity index (χ4n) is 3.77. The first kappa shape index (κ1) is 23.5. The predicted molar refractivity (Wildman–Crippen MR) is 119 cm³/mol. The van der Waals surface area contributed by atoms with Crippen molar-refractivity contribution in [3.05, 3.63) is 41.7 Å². The molecule has 1 atom stereocenters. The maximum Gasteiger partial charge on any atom is 0.180 e. The summed E-state index contributed by atoms with van der Waals surface area (Å²) in [6.07, 6.45) is 13.9. The molecular weight excluding hydrogens is 360 g/mol. The second kappa shape index (κ2) is 13.5. The van der Waals surface area contributed by atoms with Gasteiger partial charge in [0.2, 0.25) is 0 Å². The second-order valence-electron chi connectivity index (χ2n) is 8.48. The predicted octanol–water partition coefficient (Wildman–Crippen LogP) is 6.44. The Labute approximate surface area is 177 Å². The first-order valence-corrected chi connectivity index (χ1v) is 11.6. The third-order valence-electron chi connectivity index (χ3n) is 5.73. The molecule has 1 aromatic heterocycles. The Bertz CT molecular complexity index is 658. The maximum atomic E-state index is 5.77. The van der Waals surface area contributed by atoms with Crippen LogP contribution < -0.4 is 0 Å². The largest absolute Gasteiger partial charge is 0.353 e. The van der Waals surface area contributed by atoms with E-state index in [2.05, 4.69) is 43.2 Å². The van der Waals surface area contributed by atoms with Gasteiger partial charge in [-0.25, -0.2) is 0 Å². The normalized spacial score (nSPS) is 13.5. The zero-order valence-corrected chi connectivity index (χ0v) is 18.8. The van der Waals surface area contributed by atoms with Gasteiger partial charge in [-0.15, -0.1) is 15.0 Å². The van der Waals surface area contributed by atoms with Gasteiger partial charge in [0.15, 0.2) is 12.6 Å². The fourth-order valence-corrected chi connectivity index (χ4v) is 3.77. The van der Waals surface area contributed by atoms with E-state index >= 15 is 0 Å². The van der Waals surface area contributed by atoms with Crippen molar-refractivity contribution < 1.29 is 4.74 Å². The number of ether oxygens (including phenoxy) is 1. The molecule has 0 aliphatic rings. The SMILES string of the molecule is CCCCCCCC(C)(CCCCCC)c1nnn(COCc2ccccc2)n1. The van der Waals surface area contributed by atoms with E-state index in [1.165, 1.54) is 57.8 Å². The van der Waals surface area contributed by atoms with Crippen LogP contribution in [0.3, 0.4) is 0 Å². The quantitative estimate of drug-likeness (QED) is 0.304. The van der Waals surface area contributed by atoms with Gasteiger partial charge in [0.05, 0.1) is 6.61 Å². The summed E-state index contributed by atoms with van der Waals surface area (Å²) in [6.45, 7) is 7.74. The first-order valence-electron chi connectivity index (χ1n) is 11.6. The minimum Gasteiger partial charge on any atom is -0.353 e. The van der Waals surface area contributed by atoms with Crippen LogP contribution in [0.5, 0.6) is 0 Å². The summed E-state index contributed by atoms with van der Waals surface area (Å²) in [4.78, 5) is 1.60. The molecule has 0 aliphatic carbocycles. The lowest BCUT2D eigenvalue weighted by Crippen LogP contribution is -2.24. The number of tetrazole rings is 1. The topological polar surface area (TPSA) is 52.8 Å². The molecule has 0 amide bonds. The molecule has 29 heavy (non-hydrogen) atoms. The summed E-state index contributed by atoms with van der Waals surface area (Å²) in [5.41, 5.74) is 1.16. The smallest absolute Gasteiger partial charge is 0.180 e. The van der Waals surface area contributed by atoms with Crippen LogP contribution in [0.2, 0.25) is 0 Å². The molecule has 0 spiro atoms. The molecule has 0 aliphatic heterocycles. The molecule has 5 heteroatoms. The molecular formula is C24H40N4O. The molecule has 0 N–H and O–H groups in total. The molecule has 5 nitrogen and oxygen atoms in total. The van der Waals surface area contributed by atoms with Gasteiger partial charge in [0, 0.05) is 5.41 Å². The van der Waals surface area contributed by atoms with E-state index in [4.69, 9.17) is 9.84 Å². The van der Waals surface area contributed by atoms with E-state index in [9.17, 15) is 0 Å². The van der Waals surface area contributed by atoms with Crippen LogP contribution in [0.15, 0.2) is 30.3 Å². The van der Waals surface area contributed by atoms with Gasteiger partial charge in [0.25, 0.3) is 0 Å². The molecule has 2 aromatic rings. The van der Waals surface area contributed by atoms with Crippen LogP contribution in [0, 0.1) is 0 Å². The summed E-state index contributed by atoms with van der Waals surface area (Å²) in [6, 6.07) is 10.2. The lowest BCUT2D eigenvalue weighted by atomic mass is 9.79. The third kappa shape index (κ3) is 8.65. The molecule has 1 unspecified atom stereocenters. The summed E-state index contributed by atoms with van der Waals surface area (Å²) < 4.78 is 5.77. The molecule has 1 heterocycles. The van der Waals surface area contributed by atoms with Crippen molar-refractivity contribution >= 4 is 0 Å². The number of benzene rings is 1. The summed E-state index contributed by atoms with van der Waals surface area (Å²) in [5, 5.41) is 13.4. The van der Waals surface area contributed by atoms with E-state index < -0.39 is 0 Å². The number of rotatable bonds is 16. The Morgan fingerprint density at radius 2 is 1.48 bits per heavy atom. The molecule has 1 aromatic carbocycles. The molecule has 0 bridgehead atoms. The van der Waals surface area contributed by atoms with E-state index in [0.29, 0.717) is 13.3 Å². The van der Waals surface area contributed by atoms with E-state index in [1.807, 2.05) is 18.2 Å². The molecule has 162 valence electrons. The van der Waals surface area contributed by atoms with Gasteiger partial charge in [0.1, 0.15) is 0 Å². The monoisotopic (exact) mass is 400 g/mol. The Kier molecular flexibility index (Phi) is 10.9. The standard InChI is InChI=1S/C24H40N4O/c1-4-6-8-10-15-19-24(3,18-14-9-7-5-2)23-25-27-28(26-23)21-29-20-22-16-12-11-13-17-22/h11-13,16-17H,4-10,14-15,18-21H2,1-3H3. The minimum atomic E-state index is 0.0115. The lowest BCUT2D eigenvalue weighted by Gasteiger charge is -2.26. The lowest BCUT2D eigenvalue weighted by molar-refractivity contribution is 0.0455. The van der Waals surface area contributed by atoms with Crippen molar-refractivity contribution in [2.75, 3.05) is 0 Å². The van der Waals surface area contributed by atoms with Crippen LogP contribution in [0.25, 0.3) is 0 Å². The second-order valence-corrected chi connectivity index (χ2v) is 8.48. The zero-order valence-electron chi connectivity index (χ0n) is 18.8. The highest BCUT2D eigenvalue weighted by Gasteiger charge is 2.30. The highest BCUT2D eigenvalue weighted by Crippen LogP contribution is 2.33. The van der Waals surface area contributed by atoms with Crippen molar-refractivity contribution in [2.24, 2.45) is 0 Å². The number of nitrogens with zero attached hydrogens (tertiary/aromatic N) is 4. The van der Waals surface area contributed by atoms with Crippen LogP contribution in [-0.2, 0) is 23.5 Å². The van der Waals surface area contributed by atoms with E-state index in [-0.39, 0.29) is 5.41 Å². The van der Waals surface area contributed by atoms with E-state index in [0.717, 1.165) is 24.2 Å². The number of unbranched alkanes of at least 4 members (excludes halogenated alkanes) is 7. The highest BCUT2D eigenvalue weighted by molar-refractivity contribution is 5.13. The van der Waals surface area contributed by atoms with Crippen LogP contribution in [0.1, 0.15) is 103 Å². The zero-order chi connectivity index (χ0) is 20.8. The van der Waals surface area contributed by atoms with Crippen LogP contribution in [0.4, 0.5) is 0 Å². The van der Waals surface area contributed by atoms with Gasteiger partial charge >= 0.3 is 0 Å². The maximum absolute atomic E-state index is 5.77. The molecule has 2 rings (SSSR count). The summed E-state index contributed by atoms with van der Waals surface area (Å²) in [5.74, 6) is 0.882. The Balaban J connectivity index is 1.90. The van der Waals surface area contributed by atoms with Crippen molar-refractivity contribution in [3.8, 4) is 0 Å². The summed E-state index contributed by atoms with van der Waals surface area (Å²) in [7, 11) is 0. The number of hydrogen-bond acceptors (Lipinski definition) is 4. The van der Waals surface area contributed by atoms with Crippen molar-refractivity contribution in [2.45, 2.75) is 110 Å². The minimum absolute atomic E-state index is 0.0115. The number of aromatic nitrogens is 4. The van der Waals surface area contributed by atoms with Gasteiger partial charge < -0.3 is 4.74 Å². The van der Waals surface area contributed by atoms with Crippen molar-refractivity contribution in [1.29, 1.82) is 0 Å². The average molecular weight is 401 g/mol. The Morgan fingerprint density at radius 1 is 0.862 bits per heavy atom. The average Bonchev–Trinajstić information content (AvgIpc) is 3.22. The van der Waals surface area contributed by atoms with Crippen LogP contribution >= 0.6 is 0 Å². The number of hydrogen-bond donors (Lipinski definition) is 0. The first-order chi connectivity index (χ1) is 14.2. The summed E-state index contributed by atoms with van der Waals surface area (Å²) >= 11 is 0. The molecule has 0 fully saturated rings. The van der Waals surface area contributed by atoms with Gasteiger partial charge in [-0.2, -0.15) is 0 Å². The van der Waals surface area contributed by atoms with Crippen LogP contribution in [-0.4, -0.2) is 20.2 Å². The van der Waals surface area contributed by atoms with Gasteiger partial charge in [-0.1, -0.05) is 109 Å². The highest BCUT2D eigenvalue weighted by atomic mass is 16.5. The van der Waals surface area contributed by atoms with Gasteiger partial charge in [-0.05, 0) is 23.6 Å². The van der Waals surface area contributed by atoms with E-state index in [1.54, 1.807) is 4.80 Å². The molecule has 0 saturated carbocycles. The fraction of sp³-hybridized carbons (Fsp3) is 0.708. The molecule has 0 saturated heterocycles. The Hall–Kier alpha value is -1.75. The van der Waals surface area contributed by atoms with Crippen molar-refractivity contribution in [3.63, 3.8) is 0 Å². The Morgan fingerprint density at radius 3 is 2.14 bits per heavy atom. The van der Waals surface area contributed by atoms with Crippen molar-refractivity contribution in [1.82, 2.24) is 20.2 Å². The van der Waals surface area contributed by atoms with Gasteiger partial charge in [-0.3, -0.25) is 0 Å². The third-order valence-corrected chi connectivity index (χ3v) is 5.73.